The Bertz CT molecular complexity index is 1140. The molecule has 3 aromatic rings. The number of fused-ring (bicyclic) bond motifs is 1. The van der Waals surface area contributed by atoms with Gasteiger partial charge in [0.25, 0.3) is 5.91 Å². The van der Waals surface area contributed by atoms with Crippen LogP contribution in [0.25, 0.3) is 10.9 Å². The standard InChI is InChI=1S/C21H24ClN3O3S/c1-3-4-5-10-29(27,28)25-21(26)16-6-7-20-18(12-16)17(14(2)24-20)11-15-8-9-23-13-19(15)22/h6-9,12-13,24H,3-5,10-11H2,1-2H3,(H,25,26). The molecule has 0 aliphatic carbocycles. The van der Waals surface area contributed by atoms with Gasteiger partial charge in [0.05, 0.1) is 10.8 Å². The van der Waals surface area contributed by atoms with Crippen LogP contribution in [0.2, 0.25) is 5.02 Å². The summed E-state index contributed by atoms with van der Waals surface area (Å²) in [6.07, 6.45) is 6.12. The number of carbonyl (C=O) groups excluding carboxylic acids is 1. The number of aromatic amines is 1. The Labute approximate surface area is 175 Å². The number of aromatic nitrogens is 2. The molecule has 6 nitrogen and oxygen atoms in total. The Hall–Kier alpha value is -2.38. The van der Waals surface area contributed by atoms with Gasteiger partial charge in [-0.15, -0.1) is 0 Å². The molecule has 154 valence electrons. The van der Waals surface area contributed by atoms with E-state index in [0.717, 1.165) is 40.6 Å². The average molecular weight is 434 g/mol. The summed E-state index contributed by atoms with van der Waals surface area (Å²) in [5, 5.41) is 1.44. The number of pyridine rings is 1. The molecule has 0 saturated carbocycles. The minimum absolute atomic E-state index is 0.0517. The molecule has 8 heteroatoms. The van der Waals surface area contributed by atoms with Crippen molar-refractivity contribution in [2.24, 2.45) is 0 Å². The molecule has 0 aliphatic heterocycles. The quantitative estimate of drug-likeness (QED) is 0.516. The van der Waals surface area contributed by atoms with Crippen molar-refractivity contribution in [3.63, 3.8) is 0 Å². The second-order valence-electron chi connectivity index (χ2n) is 7.09. The van der Waals surface area contributed by atoms with E-state index in [0.29, 0.717) is 23.4 Å². The van der Waals surface area contributed by atoms with E-state index in [1.54, 1.807) is 30.6 Å². The second-order valence-corrected chi connectivity index (χ2v) is 9.34. The van der Waals surface area contributed by atoms with Gasteiger partial charge in [0.2, 0.25) is 10.0 Å². The van der Waals surface area contributed by atoms with E-state index in [1.165, 1.54) is 0 Å². The number of nitrogens with one attached hydrogen (secondary N) is 2. The molecule has 0 bridgehead atoms. The van der Waals surface area contributed by atoms with Crippen molar-refractivity contribution < 1.29 is 13.2 Å². The molecule has 0 spiro atoms. The molecule has 2 N–H and O–H groups in total. The number of H-pyrrole nitrogens is 1. The monoisotopic (exact) mass is 433 g/mol. The molecular formula is C21H24ClN3O3S. The van der Waals surface area contributed by atoms with Crippen molar-refractivity contribution in [2.45, 2.75) is 39.5 Å². The zero-order valence-electron chi connectivity index (χ0n) is 16.5. The van der Waals surface area contributed by atoms with Crippen molar-refractivity contribution in [1.29, 1.82) is 0 Å². The molecule has 3 rings (SSSR count). The first-order valence-corrected chi connectivity index (χ1v) is 11.6. The lowest BCUT2D eigenvalue weighted by molar-refractivity contribution is 0.0981. The van der Waals surface area contributed by atoms with Crippen LogP contribution in [0, 0.1) is 6.92 Å². The van der Waals surface area contributed by atoms with E-state index in [9.17, 15) is 13.2 Å². The molecule has 0 fully saturated rings. The lowest BCUT2D eigenvalue weighted by Gasteiger charge is -2.08. The number of hydrogen-bond acceptors (Lipinski definition) is 4. The molecule has 1 aromatic carbocycles. The highest BCUT2D eigenvalue weighted by atomic mass is 35.5. The first kappa shape index (κ1) is 21.3. The lowest BCUT2D eigenvalue weighted by atomic mass is 10.0. The van der Waals surface area contributed by atoms with Gasteiger partial charge in [-0.05, 0) is 48.7 Å². The molecule has 0 aliphatic rings. The smallest absolute Gasteiger partial charge is 0.264 e. The highest BCUT2D eigenvalue weighted by Gasteiger charge is 2.18. The van der Waals surface area contributed by atoms with Gasteiger partial charge in [-0.25, -0.2) is 13.1 Å². The highest BCUT2D eigenvalue weighted by Crippen LogP contribution is 2.28. The van der Waals surface area contributed by atoms with Crippen molar-refractivity contribution >= 4 is 38.4 Å². The predicted molar refractivity (Wildman–Crippen MR) is 116 cm³/mol. The van der Waals surface area contributed by atoms with Gasteiger partial charge < -0.3 is 4.98 Å². The maximum absolute atomic E-state index is 12.5. The molecular weight excluding hydrogens is 410 g/mol. The van der Waals surface area contributed by atoms with E-state index < -0.39 is 15.9 Å². The predicted octanol–water partition coefficient (Wildman–Crippen LogP) is 4.37. The summed E-state index contributed by atoms with van der Waals surface area (Å²) in [4.78, 5) is 19.9. The first-order valence-electron chi connectivity index (χ1n) is 9.55. The van der Waals surface area contributed by atoms with Crippen molar-refractivity contribution in [3.8, 4) is 0 Å². The van der Waals surface area contributed by atoms with Crippen molar-refractivity contribution in [3.05, 3.63) is 64.1 Å². The topological polar surface area (TPSA) is 91.9 Å². The fraction of sp³-hybridized carbons (Fsp3) is 0.333. The molecule has 1 amide bonds. The summed E-state index contributed by atoms with van der Waals surface area (Å²) in [7, 11) is -3.65. The van der Waals surface area contributed by atoms with Crippen LogP contribution in [0.4, 0.5) is 0 Å². The van der Waals surface area contributed by atoms with E-state index in [4.69, 9.17) is 11.6 Å². The van der Waals surface area contributed by atoms with Crippen molar-refractivity contribution in [1.82, 2.24) is 14.7 Å². The number of halogens is 1. The highest BCUT2D eigenvalue weighted by molar-refractivity contribution is 7.90. The third-order valence-electron chi connectivity index (χ3n) is 4.87. The summed E-state index contributed by atoms with van der Waals surface area (Å²) in [6, 6.07) is 7.00. The summed E-state index contributed by atoms with van der Waals surface area (Å²) in [5.41, 5.74) is 4.09. The third-order valence-corrected chi connectivity index (χ3v) is 6.53. The number of sulfonamides is 1. The Morgan fingerprint density at radius 1 is 1.24 bits per heavy atom. The summed E-state index contributed by atoms with van der Waals surface area (Å²) in [6.45, 7) is 3.96. The molecule has 0 saturated heterocycles. The van der Waals surface area contributed by atoms with Crippen LogP contribution in [-0.4, -0.2) is 30.0 Å². The number of unbranched alkanes of at least 4 members (excludes halogenated alkanes) is 2. The lowest BCUT2D eigenvalue weighted by Crippen LogP contribution is -2.32. The summed E-state index contributed by atoms with van der Waals surface area (Å²) in [5.74, 6) is -0.667. The number of rotatable bonds is 8. The molecule has 0 unspecified atom stereocenters. The fourth-order valence-electron chi connectivity index (χ4n) is 3.28. The number of carbonyl (C=O) groups is 1. The normalized spacial score (nSPS) is 11.7. The van der Waals surface area contributed by atoms with E-state index in [2.05, 4.69) is 14.7 Å². The van der Waals surface area contributed by atoms with E-state index >= 15 is 0 Å². The Morgan fingerprint density at radius 2 is 2.03 bits per heavy atom. The van der Waals surface area contributed by atoms with E-state index in [1.807, 2.05) is 19.9 Å². The van der Waals surface area contributed by atoms with Crippen LogP contribution < -0.4 is 4.72 Å². The third kappa shape index (κ3) is 5.16. The van der Waals surface area contributed by atoms with Gasteiger partial charge >= 0.3 is 0 Å². The largest absolute Gasteiger partial charge is 0.358 e. The van der Waals surface area contributed by atoms with Gasteiger partial charge in [0.1, 0.15) is 0 Å². The number of amides is 1. The molecule has 29 heavy (non-hydrogen) atoms. The minimum atomic E-state index is -3.65. The number of benzene rings is 1. The van der Waals surface area contributed by atoms with Gasteiger partial charge in [0.15, 0.2) is 0 Å². The van der Waals surface area contributed by atoms with Crippen LogP contribution >= 0.6 is 11.6 Å². The average Bonchev–Trinajstić information content (AvgIpc) is 2.98. The van der Waals surface area contributed by atoms with Crippen LogP contribution in [0.3, 0.4) is 0 Å². The second kappa shape index (κ2) is 8.97. The Balaban J connectivity index is 1.87. The summed E-state index contributed by atoms with van der Waals surface area (Å²) < 4.78 is 26.5. The van der Waals surface area contributed by atoms with Gasteiger partial charge in [-0.2, -0.15) is 0 Å². The Kier molecular flexibility index (Phi) is 6.59. The maximum atomic E-state index is 12.5. The van der Waals surface area contributed by atoms with Crippen LogP contribution in [0.5, 0.6) is 0 Å². The number of nitrogens with zero attached hydrogens (tertiary/aromatic N) is 1. The maximum Gasteiger partial charge on any atom is 0.264 e. The molecule has 0 atom stereocenters. The van der Waals surface area contributed by atoms with Crippen LogP contribution in [0.1, 0.15) is 53.4 Å². The number of hydrogen-bond donors (Lipinski definition) is 2. The summed E-state index contributed by atoms with van der Waals surface area (Å²) >= 11 is 6.25. The van der Waals surface area contributed by atoms with Gasteiger partial charge in [0, 0.05) is 41.0 Å². The van der Waals surface area contributed by atoms with Gasteiger partial charge in [-0.1, -0.05) is 31.4 Å². The molecule has 2 aromatic heterocycles. The SMILES string of the molecule is CCCCCS(=O)(=O)NC(=O)c1ccc2[nH]c(C)c(Cc3ccncc3Cl)c2c1. The first-order chi connectivity index (χ1) is 13.8. The zero-order valence-corrected chi connectivity index (χ0v) is 18.0. The molecule has 0 radical (unpaired) electrons. The van der Waals surface area contributed by atoms with Crippen molar-refractivity contribution in [2.75, 3.05) is 5.75 Å². The number of aryl methyl sites for hydroxylation is 1. The van der Waals surface area contributed by atoms with Crippen LogP contribution in [-0.2, 0) is 16.4 Å². The Morgan fingerprint density at radius 3 is 2.76 bits per heavy atom. The molecule has 2 heterocycles. The minimum Gasteiger partial charge on any atom is -0.358 e. The van der Waals surface area contributed by atoms with Crippen LogP contribution in [0.15, 0.2) is 36.7 Å². The fourth-order valence-corrected chi connectivity index (χ4v) is 4.56. The van der Waals surface area contributed by atoms with Gasteiger partial charge in [-0.3, -0.25) is 9.78 Å². The zero-order chi connectivity index (χ0) is 21.0. The van der Waals surface area contributed by atoms with E-state index in [-0.39, 0.29) is 5.75 Å².